The Hall–Kier alpha value is -2.14. The van der Waals surface area contributed by atoms with E-state index in [-0.39, 0.29) is 16.9 Å². The fourth-order valence-electron chi connectivity index (χ4n) is 3.34. The highest BCUT2D eigenvalue weighted by molar-refractivity contribution is 5.97. The van der Waals surface area contributed by atoms with Crippen LogP contribution in [-0.2, 0) is 4.74 Å². The Balaban J connectivity index is 1.55. The first-order chi connectivity index (χ1) is 11.7. The Morgan fingerprint density at radius 3 is 2.92 bits per heavy atom. The molecule has 0 bridgehead atoms. The van der Waals surface area contributed by atoms with Gasteiger partial charge in [0.2, 0.25) is 5.43 Å². The van der Waals surface area contributed by atoms with Gasteiger partial charge in [-0.2, -0.15) is 0 Å². The number of benzene rings is 1. The van der Waals surface area contributed by atoms with Crippen LogP contribution >= 0.6 is 0 Å². The number of para-hydroxylation sites is 1. The number of pyridine rings is 1. The van der Waals surface area contributed by atoms with Gasteiger partial charge in [0.1, 0.15) is 5.56 Å². The van der Waals surface area contributed by atoms with Crippen molar-refractivity contribution in [3.05, 3.63) is 46.2 Å². The van der Waals surface area contributed by atoms with E-state index in [1.807, 2.05) is 12.1 Å². The summed E-state index contributed by atoms with van der Waals surface area (Å²) in [6.45, 7) is 3.11. The van der Waals surface area contributed by atoms with Crippen LogP contribution in [0.1, 0.15) is 43.0 Å². The number of aromatic nitrogens is 1. The van der Waals surface area contributed by atoms with Crippen molar-refractivity contribution >= 4 is 16.8 Å². The maximum atomic E-state index is 12.4. The minimum absolute atomic E-state index is 0.139. The van der Waals surface area contributed by atoms with Crippen molar-refractivity contribution in [1.82, 2.24) is 10.3 Å². The molecule has 0 radical (unpaired) electrons. The quantitative estimate of drug-likeness (QED) is 0.829. The molecule has 5 heteroatoms. The predicted octanol–water partition coefficient (Wildman–Crippen LogP) is 2.85. The summed E-state index contributed by atoms with van der Waals surface area (Å²) in [6, 6.07) is 7.18. The van der Waals surface area contributed by atoms with Crippen LogP contribution in [0.25, 0.3) is 10.9 Å². The fraction of sp³-hybridized carbons (Fsp3) is 0.474. The summed E-state index contributed by atoms with van der Waals surface area (Å²) in [4.78, 5) is 27.6. The molecule has 0 aliphatic heterocycles. The van der Waals surface area contributed by atoms with Gasteiger partial charge in [0.25, 0.3) is 5.91 Å². The smallest absolute Gasteiger partial charge is 0.256 e. The number of nitrogens with one attached hydrogen (secondary N) is 2. The third-order valence-electron chi connectivity index (χ3n) is 4.79. The van der Waals surface area contributed by atoms with E-state index in [1.165, 1.54) is 25.5 Å². The number of amides is 1. The van der Waals surface area contributed by atoms with Gasteiger partial charge in [0, 0.05) is 23.6 Å². The van der Waals surface area contributed by atoms with E-state index in [2.05, 4.69) is 17.2 Å². The maximum Gasteiger partial charge on any atom is 0.256 e. The van der Waals surface area contributed by atoms with Crippen LogP contribution in [0.4, 0.5) is 0 Å². The highest BCUT2D eigenvalue weighted by Gasteiger charge is 2.21. The molecule has 3 rings (SSSR count). The van der Waals surface area contributed by atoms with Crippen molar-refractivity contribution in [3.63, 3.8) is 0 Å². The molecule has 0 spiro atoms. The minimum Gasteiger partial charge on any atom is -0.376 e. The topological polar surface area (TPSA) is 71.2 Å². The molecular formula is C19H24N2O3. The second kappa shape index (κ2) is 7.62. The van der Waals surface area contributed by atoms with Crippen molar-refractivity contribution < 1.29 is 9.53 Å². The van der Waals surface area contributed by atoms with E-state index in [0.29, 0.717) is 30.6 Å². The molecule has 0 unspecified atom stereocenters. The van der Waals surface area contributed by atoms with Crippen LogP contribution in [0.15, 0.2) is 35.3 Å². The highest BCUT2D eigenvalue weighted by Crippen LogP contribution is 2.25. The van der Waals surface area contributed by atoms with Gasteiger partial charge in [0.05, 0.1) is 12.7 Å². The summed E-state index contributed by atoms with van der Waals surface area (Å²) in [5.41, 5.74) is 0.622. The molecule has 24 heavy (non-hydrogen) atoms. The average molecular weight is 328 g/mol. The molecule has 5 nitrogen and oxygen atoms in total. The molecule has 1 aromatic heterocycles. The van der Waals surface area contributed by atoms with Gasteiger partial charge in [0.15, 0.2) is 0 Å². The third-order valence-corrected chi connectivity index (χ3v) is 4.79. The summed E-state index contributed by atoms with van der Waals surface area (Å²) < 4.78 is 5.88. The van der Waals surface area contributed by atoms with Crippen LogP contribution in [0, 0.1) is 5.92 Å². The van der Waals surface area contributed by atoms with Gasteiger partial charge in [-0.05, 0) is 30.9 Å². The van der Waals surface area contributed by atoms with E-state index in [0.717, 1.165) is 11.9 Å². The first-order valence-corrected chi connectivity index (χ1v) is 8.67. The van der Waals surface area contributed by atoms with Gasteiger partial charge >= 0.3 is 0 Å². The third kappa shape index (κ3) is 3.67. The van der Waals surface area contributed by atoms with Gasteiger partial charge in [-0.3, -0.25) is 9.59 Å². The number of ether oxygens (including phenoxy) is 1. The average Bonchev–Trinajstić information content (AvgIpc) is 2.60. The molecule has 2 aromatic rings. The van der Waals surface area contributed by atoms with Crippen molar-refractivity contribution in [3.8, 4) is 0 Å². The fourth-order valence-corrected chi connectivity index (χ4v) is 3.34. The monoisotopic (exact) mass is 328 g/mol. The van der Waals surface area contributed by atoms with Crippen LogP contribution in [0.3, 0.4) is 0 Å². The van der Waals surface area contributed by atoms with Crippen molar-refractivity contribution in [2.45, 2.75) is 38.7 Å². The van der Waals surface area contributed by atoms with Crippen LogP contribution in [0.5, 0.6) is 0 Å². The number of rotatable bonds is 5. The SMILES string of the molecule is C[C@H]1CCCC[C@@H]1OCCNC(=O)c1c[nH]c2ccccc2c1=O. The second-order valence-corrected chi connectivity index (χ2v) is 6.50. The van der Waals surface area contributed by atoms with Crippen LogP contribution in [-0.4, -0.2) is 30.1 Å². The van der Waals surface area contributed by atoms with Crippen molar-refractivity contribution in [2.75, 3.05) is 13.2 Å². The molecular weight excluding hydrogens is 304 g/mol. The molecule has 1 aromatic carbocycles. The van der Waals surface area contributed by atoms with Gasteiger partial charge in [-0.15, -0.1) is 0 Å². The Morgan fingerprint density at radius 1 is 1.29 bits per heavy atom. The predicted molar refractivity (Wildman–Crippen MR) is 94.3 cm³/mol. The summed E-state index contributed by atoms with van der Waals surface area (Å²) in [7, 11) is 0. The number of carbonyl (C=O) groups is 1. The lowest BCUT2D eigenvalue weighted by Crippen LogP contribution is -2.33. The minimum atomic E-state index is -0.359. The number of fused-ring (bicyclic) bond motifs is 1. The van der Waals surface area contributed by atoms with Gasteiger partial charge in [-0.25, -0.2) is 0 Å². The standard InChI is InChI=1S/C19H24N2O3/c1-13-6-2-5-9-17(13)24-11-10-20-19(23)15-12-21-16-8-4-3-7-14(16)18(15)22/h3-4,7-8,12-13,17H,2,5-6,9-11H2,1H3,(H,20,23)(H,21,22)/t13-,17-/m0/s1. The summed E-state index contributed by atoms with van der Waals surface area (Å²) in [5.74, 6) is 0.222. The van der Waals surface area contributed by atoms with E-state index in [1.54, 1.807) is 12.1 Å². The largest absolute Gasteiger partial charge is 0.376 e. The van der Waals surface area contributed by atoms with Gasteiger partial charge in [-0.1, -0.05) is 31.9 Å². The Bertz CT molecular complexity index is 769. The number of aromatic amines is 1. The Labute approximate surface area is 141 Å². The summed E-state index contributed by atoms with van der Waals surface area (Å²) in [6.07, 6.45) is 6.57. The highest BCUT2D eigenvalue weighted by atomic mass is 16.5. The normalized spacial score (nSPS) is 20.9. The first kappa shape index (κ1) is 16.7. The number of hydrogen-bond acceptors (Lipinski definition) is 3. The number of hydrogen-bond donors (Lipinski definition) is 2. The van der Waals surface area contributed by atoms with Crippen LogP contribution < -0.4 is 10.7 Å². The van der Waals surface area contributed by atoms with E-state index in [9.17, 15) is 9.59 Å². The molecule has 1 fully saturated rings. The molecule has 1 saturated carbocycles. The Morgan fingerprint density at radius 2 is 2.08 bits per heavy atom. The molecule has 1 heterocycles. The lowest BCUT2D eigenvalue weighted by molar-refractivity contribution is -0.00294. The second-order valence-electron chi connectivity index (χ2n) is 6.50. The van der Waals surface area contributed by atoms with E-state index in [4.69, 9.17) is 4.74 Å². The van der Waals surface area contributed by atoms with E-state index >= 15 is 0 Å². The lowest BCUT2D eigenvalue weighted by Gasteiger charge is -2.28. The number of H-pyrrole nitrogens is 1. The summed E-state index contributed by atoms with van der Waals surface area (Å²) >= 11 is 0. The molecule has 1 aliphatic rings. The first-order valence-electron chi connectivity index (χ1n) is 8.67. The molecule has 2 atom stereocenters. The maximum absolute atomic E-state index is 12.4. The molecule has 128 valence electrons. The zero-order chi connectivity index (χ0) is 16.9. The Kier molecular flexibility index (Phi) is 5.30. The molecule has 2 N–H and O–H groups in total. The van der Waals surface area contributed by atoms with Gasteiger partial charge < -0.3 is 15.0 Å². The van der Waals surface area contributed by atoms with Crippen LogP contribution in [0.2, 0.25) is 0 Å². The number of carbonyl (C=O) groups excluding carboxylic acids is 1. The van der Waals surface area contributed by atoms with Crippen molar-refractivity contribution in [1.29, 1.82) is 0 Å². The zero-order valence-corrected chi connectivity index (χ0v) is 14.0. The molecule has 0 saturated heterocycles. The summed E-state index contributed by atoms with van der Waals surface area (Å²) in [5, 5.41) is 3.30. The zero-order valence-electron chi connectivity index (χ0n) is 14.0. The lowest BCUT2D eigenvalue weighted by atomic mass is 9.88. The van der Waals surface area contributed by atoms with E-state index < -0.39 is 0 Å². The van der Waals surface area contributed by atoms with Crippen molar-refractivity contribution in [2.24, 2.45) is 5.92 Å². The molecule has 1 amide bonds. The molecule has 1 aliphatic carbocycles.